The largest absolute Gasteiger partial charge is 0.353 e. The summed E-state index contributed by atoms with van der Waals surface area (Å²) in [4.78, 5) is 12.3. The van der Waals surface area contributed by atoms with Crippen LogP contribution >= 0.6 is 0 Å². The lowest BCUT2D eigenvalue weighted by atomic mass is 10.2. The number of sulfonamides is 2. The second kappa shape index (κ2) is 9.28. The number of hydrogen-bond acceptors (Lipinski definition) is 5. The molecule has 2 aromatic carbocycles. The lowest BCUT2D eigenvalue weighted by molar-refractivity contribution is -0.122. The van der Waals surface area contributed by atoms with Crippen molar-refractivity contribution in [2.75, 3.05) is 13.1 Å². The van der Waals surface area contributed by atoms with Crippen molar-refractivity contribution in [1.29, 1.82) is 0 Å². The molecule has 0 aliphatic rings. The first-order chi connectivity index (χ1) is 13.1. The molecule has 0 aromatic heterocycles. The Balaban J connectivity index is 1.82. The number of carbonyl (C=O) groups is 1. The third-order valence-electron chi connectivity index (χ3n) is 3.83. The first-order valence-electron chi connectivity index (χ1n) is 8.53. The van der Waals surface area contributed by atoms with Crippen LogP contribution in [0.1, 0.15) is 12.5 Å². The highest BCUT2D eigenvalue weighted by atomic mass is 32.2. The number of amides is 1. The van der Waals surface area contributed by atoms with Gasteiger partial charge in [-0.1, -0.05) is 35.9 Å². The second-order valence-corrected chi connectivity index (χ2v) is 9.64. The van der Waals surface area contributed by atoms with Crippen LogP contribution in [-0.4, -0.2) is 41.9 Å². The average molecular weight is 426 g/mol. The standard InChI is InChI=1S/C18H23N3O5S2/c1-14-8-10-17(11-9-14)27(23,24)20-13-12-19-18(22)15(2)21-28(25,26)16-6-4-3-5-7-16/h3-11,15,20-21H,12-13H2,1-2H3,(H,19,22)/t15-/m0/s1. The van der Waals surface area contributed by atoms with Gasteiger partial charge in [0.2, 0.25) is 26.0 Å². The van der Waals surface area contributed by atoms with Gasteiger partial charge >= 0.3 is 0 Å². The predicted octanol–water partition coefficient (Wildman–Crippen LogP) is 0.757. The van der Waals surface area contributed by atoms with Crippen LogP contribution in [0.3, 0.4) is 0 Å². The summed E-state index contributed by atoms with van der Waals surface area (Å²) in [6, 6.07) is 13.1. The van der Waals surface area contributed by atoms with Crippen LogP contribution in [0.25, 0.3) is 0 Å². The molecule has 152 valence electrons. The Hall–Kier alpha value is -2.27. The number of hydrogen-bond donors (Lipinski definition) is 3. The van der Waals surface area contributed by atoms with Crippen molar-refractivity contribution in [2.45, 2.75) is 29.7 Å². The molecule has 0 spiro atoms. The summed E-state index contributed by atoms with van der Waals surface area (Å²) in [5.74, 6) is -0.561. The summed E-state index contributed by atoms with van der Waals surface area (Å²) < 4.78 is 53.4. The third kappa shape index (κ3) is 6.13. The van der Waals surface area contributed by atoms with Crippen LogP contribution < -0.4 is 14.8 Å². The minimum atomic E-state index is -3.82. The topological polar surface area (TPSA) is 121 Å². The van der Waals surface area contributed by atoms with E-state index < -0.39 is 32.0 Å². The molecule has 0 bridgehead atoms. The van der Waals surface area contributed by atoms with E-state index in [1.807, 2.05) is 6.92 Å². The zero-order valence-corrected chi connectivity index (χ0v) is 17.2. The van der Waals surface area contributed by atoms with Crippen LogP contribution in [0.2, 0.25) is 0 Å². The molecule has 0 saturated heterocycles. The van der Waals surface area contributed by atoms with Gasteiger partial charge in [-0.2, -0.15) is 4.72 Å². The van der Waals surface area contributed by atoms with Crippen LogP contribution in [0, 0.1) is 6.92 Å². The quantitative estimate of drug-likeness (QED) is 0.512. The van der Waals surface area contributed by atoms with Gasteiger partial charge in [-0.05, 0) is 38.1 Å². The van der Waals surface area contributed by atoms with Crippen LogP contribution in [-0.2, 0) is 24.8 Å². The van der Waals surface area contributed by atoms with Gasteiger partial charge < -0.3 is 5.32 Å². The number of rotatable bonds is 9. The molecule has 28 heavy (non-hydrogen) atoms. The third-order valence-corrected chi connectivity index (χ3v) is 6.86. The van der Waals surface area contributed by atoms with Gasteiger partial charge in [0.15, 0.2) is 0 Å². The molecule has 0 fully saturated rings. The van der Waals surface area contributed by atoms with E-state index in [0.29, 0.717) is 0 Å². The highest BCUT2D eigenvalue weighted by molar-refractivity contribution is 7.89. The van der Waals surface area contributed by atoms with Crippen molar-refractivity contribution in [3.63, 3.8) is 0 Å². The average Bonchev–Trinajstić information content (AvgIpc) is 2.65. The van der Waals surface area contributed by atoms with E-state index in [-0.39, 0.29) is 22.9 Å². The molecule has 1 atom stereocenters. The Morgan fingerprint density at radius 3 is 2.04 bits per heavy atom. The maximum absolute atomic E-state index is 12.2. The molecule has 0 saturated carbocycles. The molecule has 3 N–H and O–H groups in total. The van der Waals surface area contributed by atoms with Crippen molar-refractivity contribution < 1.29 is 21.6 Å². The maximum Gasteiger partial charge on any atom is 0.241 e. The summed E-state index contributed by atoms with van der Waals surface area (Å²) in [5, 5.41) is 2.50. The van der Waals surface area contributed by atoms with Crippen molar-refractivity contribution in [3.05, 3.63) is 60.2 Å². The van der Waals surface area contributed by atoms with E-state index in [9.17, 15) is 21.6 Å². The fourth-order valence-electron chi connectivity index (χ4n) is 2.28. The van der Waals surface area contributed by atoms with E-state index in [4.69, 9.17) is 0 Å². The highest BCUT2D eigenvalue weighted by Crippen LogP contribution is 2.09. The Bertz CT molecular complexity index is 1000. The molecule has 1 amide bonds. The molecule has 10 heteroatoms. The smallest absolute Gasteiger partial charge is 0.241 e. The van der Waals surface area contributed by atoms with Crippen LogP contribution in [0.15, 0.2) is 64.4 Å². The molecule has 0 unspecified atom stereocenters. The van der Waals surface area contributed by atoms with E-state index in [1.165, 1.54) is 31.2 Å². The van der Waals surface area contributed by atoms with Gasteiger partial charge in [0.05, 0.1) is 15.8 Å². The summed E-state index contributed by atoms with van der Waals surface area (Å²) in [5.41, 5.74) is 0.943. The van der Waals surface area contributed by atoms with Gasteiger partial charge in [0.1, 0.15) is 0 Å². The van der Waals surface area contributed by atoms with Gasteiger partial charge in [0, 0.05) is 13.1 Å². The Kier molecular flexibility index (Phi) is 7.30. The molecule has 0 aliphatic heterocycles. The number of benzene rings is 2. The summed E-state index contributed by atoms with van der Waals surface area (Å²) >= 11 is 0. The van der Waals surface area contributed by atoms with E-state index >= 15 is 0 Å². The molecule has 2 aromatic rings. The zero-order chi connectivity index (χ0) is 20.8. The maximum atomic E-state index is 12.2. The zero-order valence-electron chi connectivity index (χ0n) is 15.5. The Morgan fingerprint density at radius 2 is 1.43 bits per heavy atom. The lowest BCUT2D eigenvalue weighted by Crippen LogP contribution is -2.46. The molecule has 2 rings (SSSR count). The number of carbonyl (C=O) groups excluding carboxylic acids is 1. The molecule has 8 nitrogen and oxygen atoms in total. The molecule has 0 radical (unpaired) electrons. The van der Waals surface area contributed by atoms with Gasteiger partial charge in [-0.25, -0.2) is 21.6 Å². The monoisotopic (exact) mass is 425 g/mol. The van der Waals surface area contributed by atoms with Gasteiger partial charge in [-0.3, -0.25) is 4.79 Å². The highest BCUT2D eigenvalue weighted by Gasteiger charge is 2.21. The second-order valence-electron chi connectivity index (χ2n) is 6.16. The number of nitrogens with one attached hydrogen (secondary N) is 3. The summed E-state index contributed by atoms with van der Waals surface area (Å²) in [7, 11) is -7.49. The summed E-state index contributed by atoms with van der Waals surface area (Å²) in [6.07, 6.45) is 0. The molecular weight excluding hydrogens is 402 g/mol. The van der Waals surface area contributed by atoms with Crippen LogP contribution in [0.5, 0.6) is 0 Å². The van der Waals surface area contributed by atoms with Gasteiger partial charge in [-0.15, -0.1) is 0 Å². The Morgan fingerprint density at radius 1 is 0.857 bits per heavy atom. The predicted molar refractivity (Wildman–Crippen MR) is 106 cm³/mol. The van der Waals surface area contributed by atoms with Crippen molar-refractivity contribution >= 4 is 26.0 Å². The van der Waals surface area contributed by atoms with Gasteiger partial charge in [0.25, 0.3) is 0 Å². The molecular formula is C18H23N3O5S2. The minimum absolute atomic E-state index is 0.0152. The fraction of sp³-hybridized carbons (Fsp3) is 0.278. The lowest BCUT2D eigenvalue weighted by Gasteiger charge is -2.14. The number of aryl methyl sites for hydroxylation is 1. The van der Waals surface area contributed by atoms with E-state index in [1.54, 1.807) is 30.3 Å². The van der Waals surface area contributed by atoms with E-state index in [0.717, 1.165) is 5.56 Å². The summed E-state index contributed by atoms with van der Waals surface area (Å²) in [6.45, 7) is 3.25. The SMILES string of the molecule is Cc1ccc(S(=O)(=O)NCCNC(=O)[C@H](C)NS(=O)(=O)c2ccccc2)cc1. The van der Waals surface area contributed by atoms with Crippen LogP contribution in [0.4, 0.5) is 0 Å². The first-order valence-corrected chi connectivity index (χ1v) is 11.5. The van der Waals surface area contributed by atoms with E-state index in [2.05, 4.69) is 14.8 Å². The molecule has 0 aliphatic carbocycles. The minimum Gasteiger partial charge on any atom is -0.353 e. The Labute approximate surface area is 165 Å². The molecule has 0 heterocycles. The first kappa shape index (κ1) is 22.0. The van der Waals surface area contributed by atoms with Crippen molar-refractivity contribution in [2.24, 2.45) is 0 Å². The van der Waals surface area contributed by atoms with Crippen molar-refractivity contribution in [3.8, 4) is 0 Å². The van der Waals surface area contributed by atoms with Crippen molar-refractivity contribution in [1.82, 2.24) is 14.8 Å². The normalized spacial score (nSPS) is 13.1. The fourth-order valence-corrected chi connectivity index (χ4v) is 4.53.